The van der Waals surface area contributed by atoms with E-state index in [0.29, 0.717) is 6.42 Å². The first-order valence-corrected chi connectivity index (χ1v) is 17.6. The molecule has 0 saturated heterocycles. The summed E-state index contributed by atoms with van der Waals surface area (Å²) in [5.41, 5.74) is 0. The molecule has 0 aromatic rings. The first kappa shape index (κ1) is 39.8. The molecule has 2 N–H and O–H groups in total. The van der Waals surface area contributed by atoms with Gasteiger partial charge in [0.05, 0.1) is 0 Å². The number of alkyl halides is 3. The van der Waals surface area contributed by atoms with Crippen molar-refractivity contribution in [3.05, 3.63) is 12.3 Å². The number of rotatable bonds is 31. The Morgan fingerprint density at radius 2 is 1.00 bits per heavy atom. The largest absolute Gasteiger partial charge is 0.471 e. The van der Waals surface area contributed by atoms with Gasteiger partial charge >= 0.3 is 12.1 Å². The van der Waals surface area contributed by atoms with Gasteiger partial charge in [-0.25, -0.2) is 0 Å². The molecule has 0 spiro atoms. The van der Waals surface area contributed by atoms with Gasteiger partial charge in [-0.05, 0) is 37.8 Å². The number of carbonyl (C=O) groups is 1. The number of hydrogen-bond donors (Lipinski definition) is 2. The van der Waals surface area contributed by atoms with Crippen LogP contribution in [-0.4, -0.2) is 25.2 Å². The van der Waals surface area contributed by atoms with Crippen molar-refractivity contribution in [2.24, 2.45) is 5.92 Å². The Hall–Kier alpha value is -1.20. The summed E-state index contributed by atoms with van der Waals surface area (Å²) < 4.78 is 36.7. The van der Waals surface area contributed by atoms with Crippen molar-refractivity contribution < 1.29 is 18.0 Å². The van der Waals surface area contributed by atoms with Crippen molar-refractivity contribution in [2.75, 3.05) is 13.1 Å². The van der Waals surface area contributed by atoms with E-state index in [-0.39, 0.29) is 6.54 Å². The summed E-state index contributed by atoms with van der Waals surface area (Å²) in [4.78, 5) is 10.8. The minimum atomic E-state index is -4.77. The zero-order valence-corrected chi connectivity index (χ0v) is 27.1. The van der Waals surface area contributed by atoms with Crippen LogP contribution in [0.25, 0.3) is 0 Å². The lowest BCUT2D eigenvalue weighted by Crippen LogP contribution is -2.37. The highest BCUT2D eigenvalue weighted by Crippen LogP contribution is 2.24. The van der Waals surface area contributed by atoms with Gasteiger partial charge in [0.2, 0.25) is 0 Å². The minimum absolute atomic E-state index is 0.116. The number of unbranched alkanes of at least 4 members (excludes halogenated alkanes) is 19. The highest BCUT2D eigenvalue weighted by Gasteiger charge is 2.38. The van der Waals surface area contributed by atoms with Crippen LogP contribution in [0.5, 0.6) is 0 Å². The molecule has 1 unspecified atom stereocenters. The maximum Gasteiger partial charge on any atom is 0.471 e. The van der Waals surface area contributed by atoms with Gasteiger partial charge in [-0.1, -0.05) is 161 Å². The van der Waals surface area contributed by atoms with Gasteiger partial charge in [-0.15, -0.1) is 0 Å². The van der Waals surface area contributed by atoms with Crippen molar-refractivity contribution >= 4 is 5.91 Å². The molecule has 0 aromatic carbocycles. The molecule has 41 heavy (non-hydrogen) atoms. The summed E-state index contributed by atoms with van der Waals surface area (Å²) in [6.07, 6.45) is 32.6. The molecule has 3 nitrogen and oxygen atoms in total. The third-order valence-electron chi connectivity index (χ3n) is 8.19. The number of hydrogen-bond acceptors (Lipinski definition) is 2. The van der Waals surface area contributed by atoms with Gasteiger partial charge in [0.15, 0.2) is 0 Å². The molecule has 0 saturated carbocycles. The summed E-state index contributed by atoms with van der Waals surface area (Å²) in [7, 11) is 0. The molecule has 1 atom stereocenters. The van der Waals surface area contributed by atoms with E-state index in [0.717, 1.165) is 31.7 Å². The molecule has 244 valence electrons. The monoisotopic (exact) mass is 589 g/mol. The van der Waals surface area contributed by atoms with Crippen LogP contribution in [-0.2, 0) is 4.79 Å². The molecule has 0 heterocycles. The first-order chi connectivity index (χ1) is 19.9. The Balaban J connectivity index is 3.88. The molecule has 0 bridgehead atoms. The van der Waals surface area contributed by atoms with Crippen LogP contribution in [0.4, 0.5) is 13.2 Å². The smallest absolute Gasteiger partial charge is 0.391 e. The van der Waals surface area contributed by atoms with Crippen LogP contribution in [0.15, 0.2) is 12.3 Å². The number of carbonyl (C=O) groups excluding carboxylic acids is 1. The van der Waals surface area contributed by atoms with Gasteiger partial charge in [0.1, 0.15) is 0 Å². The van der Waals surface area contributed by atoms with E-state index >= 15 is 0 Å². The zero-order chi connectivity index (χ0) is 30.3. The average molecular weight is 589 g/mol. The number of allylic oxidation sites excluding steroid dienone is 1. The minimum Gasteiger partial charge on any atom is -0.391 e. The van der Waals surface area contributed by atoms with Crippen LogP contribution in [0.3, 0.4) is 0 Å². The Bertz CT molecular complexity index is 580. The summed E-state index contributed by atoms with van der Waals surface area (Å²) in [5, 5.41) is 5.42. The second-order valence-electron chi connectivity index (χ2n) is 12.2. The van der Waals surface area contributed by atoms with Crippen LogP contribution < -0.4 is 10.6 Å². The number of nitrogens with one attached hydrogen (secondary N) is 2. The van der Waals surface area contributed by atoms with Gasteiger partial charge < -0.3 is 10.6 Å². The van der Waals surface area contributed by atoms with Gasteiger partial charge in [0.25, 0.3) is 0 Å². The van der Waals surface area contributed by atoms with Crippen LogP contribution in [0.1, 0.15) is 181 Å². The van der Waals surface area contributed by atoms with Crippen molar-refractivity contribution in [2.45, 2.75) is 187 Å². The van der Waals surface area contributed by atoms with Gasteiger partial charge in [-0.2, -0.15) is 13.2 Å². The molecule has 0 rings (SSSR count). The molecule has 0 aliphatic rings. The first-order valence-electron chi connectivity index (χ1n) is 17.6. The molecule has 0 aliphatic carbocycles. The third kappa shape index (κ3) is 30.1. The standard InChI is InChI=1S/C35H67F3N2O/c1-3-5-7-9-11-12-18-24-30-39-31-25-19-13-16-22-28-33(27-21-15-10-8-6-4-2)29-23-17-14-20-26-32-40-34(41)35(36,37)38/h24,30,33,39H,3-23,25-29,31-32H2,1-2H3,(H,40,41). The maximum absolute atomic E-state index is 12.2. The lowest BCUT2D eigenvalue weighted by Gasteiger charge is -2.17. The van der Waals surface area contributed by atoms with Gasteiger partial charge in [-0.3, -0.25) is 4.79 Å². The molecule has 0 aliphatic heterocycles. The fourth-order valence-electron chi connectivity index (χ4n) is 5.52. The van der Waals surface area contributed by atoms with Crippen LogP contribution >= 0.6 is 0 Å². The second kappa shape index (κ2) is 30.3. The van der Waals surface area contributed by atoms with Crippen LogP contribution in [0.2, 0.25) is 0 Å². The van der Waals surface area contributed by atoms with E-state index in [4.69, 9.17) is 0 Å². The molecule has 0 aromatic heterocycles. The Labute approximate surface area is 252 Å². The molecular formula is C35H67F3N2O. The molecule has 6 heteroatoms. The predicted octanol–water partition coefficient (Wildman–Crippen LogP) is 11.6. The number of halogens is 3. The maximum atomic E-state index is 12.2. The molecular weight excluding hydrogens is 521 g/mol. The summed E-state index contributed by atoms with van der Waals surface area (Å²) in [6, 6.07) is 0. The topological polar surface area (TPSA) is 41.1 Å². The normalized spacial score (nSPS) is 12.7. The van der Waals surface area contributed by atoms with Crippen molar-refractivity contribution in [3.63, 3.8) is 0 Å². The zero-order valence-electron chi connectivity index (χ0n) is 27.1. The Morgan fingerprint density at radius 1 is 0.585 bits per heavy atom. The highest BCUT2D eigenvalue weighted by molar-refractivity contribution is 5.81. The van der Waals surface area contributed by atoms with Crippen molar-refractivity contribution in [3.8, 4) is 0 Å². The SMILES string of the molecule is CCCCCCCCC=CNCCCCCCCC(CCCCCCCC)CCCCCCCNC(=O)C(F)(F)F. The summed E-state index contributed by atoms with van der Waals surface area (Å²) >= 11 is 0. The average Bonchev–Trinajstić information content (AvgIpc) is 2.94. The van der Waals surface area contributed by atoms with E-state index in [1.54, 1.807) is 0 Å². The fourth-order valence-corrected chi connectivity index (χ4v) is 5.52. The van der Waals surface area contributed by atoms with E-state index < -0.39 is 12.1 Å². The summed E-state index contributed by atoms with van der Waals surface area (Å²) in [6.45, 7) is 5.73. The summed E-state index contributed by atoms with van der Waals surface area (Å²) in [5.74, 6) is -0.997. The van der Waals surface area contributed by atoms with E-state index in [1.807, 2.05) is 5.32 Å². The van der Waals surface area contributed by atoms with E-state index in [9.17, 15) is 18.0 Å². The van der Waals surface area contributed by atoms with Crippen LogP contribution in [0, 0.1) is 5.92 Å². The Morgan fingerprint density at radius 3 is 1.49 bits per heavy atom. The lowest BCUT2D eigenvalue weighted by molar-refractivity contribution is -0.173. The fraction of sp³-hybridized carbons (Fsp3) is 0.914. The Kier molecular flexibility index (Phi) is 29.4. The highest BCUT2D eigenvalue weighted by atomic mass is 19.4. The molecule has 0 radical (unpaired) electrons. The van der Waals surface area contributed by atoms with Crippen molar-refractivity contribution in [1.29, 1.82) is 0 Å². The molecule has 0 fully saturated rings. The molecule has 1 amide bonds. The predicted molar refractivity (Wildman–Crippen MR) is 171 cm³/mol. The second-order valence-corrected chi connectivity index (χ2v) is 12.2. The lowest BCUT2D eigenvalue weighted by atomic mass is 9.89. The van der Waals surface area contributed by atoms with Gasteiger partial charge in [0, 0.05) is 13.1 Å². The number of amides is 1. The van der Waals surface area contributed by atoms with E-state index in [2.05, 4.69) is 31.4 Å². The van der Waals surface area contributed by atoms with E-state index in [1.165, 1.54) is 141 Å². The quantitative estimate of drug-likeness (QED) is 0.0791. The third-order valence-corrected chi connectivity index (χ3v) is 8.19. The van der Waals surface area contributed by atoms with Crippen molar-refractivity contribution in [1.82, 2.24) is 10.6 Å².